The quantitative estimate of drug-likeness (QED) is 0.315. The van der Waals surface area contributed by atoms with Gasteiger partial charge in [0, 0.05) is 18.4 Å². The molecule has 188 valence electrons. The summed E-state index contributed by atoms with van der Waals surface area (Å²) in [6, 6.07) is 13.0. The van der Waals surface area contributed by atoms with Gasteiger partial charge < -0.3 is 18.9 Å². The molecule has 1 aliphatic heterocycles. The van der Waals surface area contributed by atoms with Crippen LogP contribution >= 0.6 is 0 Å². The van der Waals surface area contributed by atoms with Crippen molar-refractivity contribution < 1.29 is 36.5 Å². The molecule has 8 heteroatoms. The summed E-state index contributed by atoms with van der Waals surface area (Å²) in [5.74, 6) is -1.69. The summed E-state index contributed by atoms with van der Waals surface area (Å²) in [5, 5.41) is 1.31. The van der Waals surface area contributed by atoms with Crippen LogP contribution in [0.5, 0.6) is 5.75 Å². The first-order valence-corrected chi connectivity index (χ1v) is 11.7. The lowest BCUT2D eigenvalue weighted by molar-refractivity contribution is -0.227. The van der Waals surface area contributed by atoms with E-state index in [1.165, 1.54) is 6.07 Å². The van der Waals surface area contributed by atoms with Crippen LogP contribution in [0.3, 0.4) is 0 Å². The van der Waals surface area contributed by atoms with E-state index in [0.29, 0.717) is 55.6 Å². The van der Waals surface area contributed by atoms with Gasteiger partial charge in [0.25, 0.3) is 0 Å². The van der Waals surface area contributed by atoms with Crippen LogP contribution < -0.4 is 4.74 Å². The van der Waals surface area contributed by atoms with Crippen molar-refractivity contribution in [1.82, 2.24) is 0 Å². The van der Waals surface area contributed by atoms with Crippen LogP contribution in [0.25, 0.3) is 10.8 Å². The smallest absolute Gasteiger partial charge is 0.387 e. The van der Waals surface area contributed by atoms with E-state index in [4.69, 9.17) is 14.2 Å². The predicted molar refractivity (Wildman–Crippen MR) is 124 cm³/mol. The molecule has 3 aromatic rings. The van der Waals surface area contributed by atoms with E-state index in [9.17, 15) is 13.2 Å². The summed E-state index contributed by atoms with van der Waals surface area (Å²) < 4.78 is 74.7. The van der Waals surface area contributed by atoms with Crippen molar-refractivity contribution in [3.63, 3.8) is 0 Å². The van der Waals surface area contributed by atoms with Crippen LogP contribution in [0.15, 0.2) is 48.5 Å². The van der Waals surface area contributed by atoms with Crippen molar-refractivity contribution in [2.24, 2.45) is 0 Å². The maximum atomic E-state index is 15.1. The fraction of sp³-hybridized carbons (Fsp3) is 0.407. The molecule has 0 atom stereocenters. The van der Waals surface area contributed by atoms with Gasteiger partial charge in [-0.15, -0.1) is 0 Å². The standard InChI is InChI=1S/C27H28F4O4/c1-2-32-21-15-33-25(34-16-21)12-6-17-4-10-22-20(13-17)9-8-19(26(22)29)7-3-18-5-11-24(23(28)14-18)35-27(30)31/h4-5,8-11,13-14,21,25,27H,2-3,6-7,12,15-16H2,1H3. The Hall–Kier alpha value is -2.68. The minimum Gasteiger partial charge on any atom is -0.432 e. The third kappa shape index (κ3) is 6.72. The summed E-state index contributed by atoms with van der Waals surface area (Å²) in [7, 11) is 0. The zero-order valence-corrected chi connectivity index (χ0v) is 19.4. The Morgan fingerprint density at radius 1 is 0.914 bits per heavy atom. The lowest BCUT2D eigenvalue weighted by Gasteiger charge is -2.29. The van der Waals surface area contributed by atoms with E-state index in [2.05, 4.69) is 4.74 Å². The first kappa shape index (κ1) is 25.4. The van der Waals surface area contributed by atoms with Crippen LogP contribution in [0.2, 0.25) is 0 Å². The third-order valence-electron chi connectivity index (χ3n) is 6.00. The summed E-state index contributed by atoms with van der Waals surface area (Å²) in [5.41, 5.74) is 2.13. The van der Waals surface area contributed by atoms with Gasteiger partial charge in [0.1, 0.15) is 11.9 Å². The Kier molecular flexibility index (Phi) is 8.59. The Labute approximate surface area is 201 Å². The van der Waals surface area contributed by atoms with Gasteiger partial charge in [-0.1, -0.05) is 36.4 Å². The van der Waals surface area contributed by atoms with Crippen molar-refractivity contribution in [1.29, 1.82) is 0 Å². The van der Waals surface area contributed by atoms with Crippen LogP contribution in [0, 0.1) is 11.6 Å². The Bertz CT molecular complexity index is 1130. The highest BCUT2D eigenvalue weighted by atomic mass is 19.3. The minimum absolute atomic E-state index is 0.0213. The fourth-order valence-electron chi connectivity index (χ4n) is 4.21. The highest BCUT2D eigenvalue weighted by Crippen LogP contribution is 2.26. The van der Waals surface area contributed by atoms with Gasteiger partial charge >= 0.3 is 6.61 Å². The summed E-state index contributed by atoms with van der Waals surface area (Å²) in [6.07, 6.45) is 1.84. The lowest BCUT2D eigenvalue weighted by Crippen LogP contribution is -2.37. The van der Waals surface area contributed by atoms with Crippen molar-refractivity contribution in [3.05, 3.63) is 76.9 Å². The highest BCUT2D eigenvalue weighted by molar-refractivity contribution is 5.84. The second-order valence-corrected chi connectivity index (χ2v) is 8.45. The molecule has 1 fully saturated rings. The topological polar surface area (TPSA) is 36.9 Å². The summed E-state index contributed by atoms with van der Waals surface area (Å²) >= 11 is 0. The van der Waals surface area contributed by atoms with Crippen LogP contribution in [-0.2, 0) is 33.5 Å². The normalized spacial score (nSPS) is 18.3. The number of hydrogen-bond donors (Lipinski definition) is 0. The van der Waals surface area contributed by atoms with E-state index >= 15 is 4.39 Å². The molecule has 0 bridgehead atoms. The largest absolute Gasteiger partial charge is 0.432 e. The molecule has 0 spiro atoms. The van der Waals surface area contributed by atoms with E-state index < -0.39 is 18.2 Å². The monoisotopic (exact) mass is 492 g/mol. The Morgan fingerprint density at radius 3 is 2.37 bits per heavy atom. The first-order valence-electron chi connectivity index (χ1n) is 11.7. The average molecular weight is 493 g/mol. The molecule has 35 heavy (non-hydrogen) atoms. The van der Waals surface area contributed by atoms with Gasteiger partial charge in [0.05, 0.1) is 13.2 Å². The number of fused-ring (bicyclic) bond motifs is 1. The number of benzene rings is 3. The number of hydrogen-bond acceptors (Lipinski definition) is 4. The lowest BCUT2D eigenvalue weighted by atomic mass is 9.98. The zero-order chi connectivity index (χ0) is 24.8. The average Bonchev–Trinajstić information content (AvgIpc) is 2.85. The molecule has 3 aromatic carbocycles. The third-order valence-corrected chi connectivity index (χ3v) is 6.00. The molecule has 0 saturated carbocycles. The van der Waals surface area contributed by atoms with Gasteiger partial charge in [-0.2, -0.15) is 8.78 Å². The van der Waals surface area contributed by atoms with Gasteiger partial charge in [0.2, 0.25) is 0 Å². The van der Waals surface area contributed by atoms with E-state index in [1.807, 2.05) is 25.1 Å². The minimum atomic E-state index is -3.09. The molecule has 1 heterocycles. The summed E-state index contributed by atoms with van der Waals surface area (Å²) in [6.45, 7) is 0.509. The molecule has 4 rings (SSSR count). The molecule has 0 aliphatic carbocycles. The summed E-state index contributed by atoms with van der Waals surface area (Å²) in [4.78, 5) is 0. The number of alkyl halides is 2. The predicted octanol–water partition coefficient (Wildman–Crippen LogP) is 6.22. The SMILES string of the molecule is CCOC1COC(CCc2ccc3c(F)c(CCc4ccc(OC(F)F)c(F)c4)ccc3c2)OC1. The molecular formula is C27H28F4O4. The highest BCUT2D eigenvalue weighted by Gasteiger charge is 2.22. The van der Waals surface area contributed by atoms with Crippen LogP contribution in [0.4, 0.5) is 17.6 Å². The van der Waals surface area contributed by atoms with Crippen molar-refractivity contribution >= 4 is 10.8 Å². The number of halogens is 4. The second-order valence-electron chi connectivity index (χ2n) is 8.45. The molecule has 1 saturated heterocycles. The second kappa shape index (κ2) is 11.8. The molecule has 0 radical (unpaired) electrons. The number of ether oxygens (including phenoxy) is 4. The van der Waals surface area contributed by atoms with Gasteiger partial charge in [-0.3, -0.25) is 0 Å². The van der Waals surface area contributed by atoms with E-state index in [-0.39, 0.29) is 18.2 Å². The van der Waals surface area contributed by atoms with E-state index in [0.717, 1.165) is 29.5 Å². The Morgan fingerprint density at radius 2 is 1.66 bits per heavy atom. The van der Waals surface area contributed by atoms with Crippen molar-refractivity contribution in [3.8, 4) is 5.75 Å². The van der Waals surface area contributed by atoms with Gasteiger partial charge in [-0.25, -0.2) is 8.78 Å². The molecule has 0 amide bonds. The molecule has 0 unspecified atom stereocenters. The maximum Gasteiger partial charge on any atom is 0.387 e. The molecule has 1 aliphatic rings. The van der Waals surface area contributed by atoms with Gasteiger partial charge in [0.15, 0.2) is 17.9 Å². The number of aryl methyl sites for hydroxylation is 3. The first-order chi connectivity index (χ1) is 16.9. The van der Waals surface area contributed by atoms with Gasteiger partial charge in [-0.05, 0) is 60.4 Å². The number of rotatable bonds is 10. The Balaban J connectivity index is 1.35. The molecular weight excluding hydrogens is 464 g/mol. The molecule has 0 N–H and O–H groups in total. The molecule has 0 aromatic heterocycles. The van der Waals surface area contributed by atoms with Crippen molar-refractivity contribution in [2.45, 2.75) is 51.6 Å². The molecule has 4 nitrogen and oxygen atoms in total. The maximum absolute atomic E-state index is 15.1. The van der Waals surface area contributed by atoms with Crippen LogP contribution in [0.1, 0.15) is 30.0 Å². The zero-order valence-electron chi connectivity index (χ0n) is 19.4. The van der Waals surface area contributed by atoms with Crippen LogP contribution in [-0.4, -0.2) is 38.8 Å². The van der Waals surface area contributed by atoms with E-state index in [1.54, 1.807) is 12.1 Å². The fourth-order valence-corrected chi connectivity index (χ4v) is 4.21. The van der Waals surface area contributed by atoms with Crippen molar-refractivity contribution in [2.75, 3.05) is 19.8 Å².